The number of amides is 1. The van der Waals surface area contributed by atoms with Crippen LogP contribution in [0.15, 0.2) is 71.9 Å². The van der Waals surface area contributed by atoms with Gasteiger partial charge in [0.25, 0.3) is 5.91 Å². The van der Waals surface area contributed by atoms with Gasteiger partial charge >= 0.3 is 0 Å². The molecule has 0 aliphatic rings. The largest absolute Gasteiger partial charge is 0.384 e. The number of aryl methyl sites for hydroxylation is 1. The summed E-state index contributed by atoms with van der Waals surface area (Å²) in [7, 11) is -3.81. The van der Waals surface area contributed by atoms with Gasteiger partial charge in [-0.05, 0) is 52.0 Å². The molecule has 0 atom stereocenters. The number of benzene rings is 2. The lowest BCUT2D eigenvalue weighted by molar-refractivity contribution is 0.101. The molecule has 0 spiro atoms. The first-order valence-electron chi connectivity index (χ1n) is 11.6. The molecule has 4 aromatic rings. The number of nitrogen functional groups attached to an aromatic ring is 1. The number of sulfonamides is 1. The van der Waals surface area contributed by atoms with Crippen molar-refractivity contribution in [1.29, 1.82) is 5.41 Å². The zero-order chi connectivity index (χ0) is 27.7. The average molecular weight is 533 g/mol. The second-order valence-electron chi connectivity index (χ2n) is 9.65. The molecule has 11 nitrogen and oxygen atoms in total. The number of carbonyl (C=O) groups is 1. The predicted molar refractivity (Wildman–Crippen MR) is 145 cm³/mol. The summed E-state index contributed by atoms with van der Waals surface area (Å²) in [4.78, 5) is 21.7. The number of nitrogens with one attached hydrogen (secondary N) is 3. The van der Waals surface area contributed by atoms with E-state index >= 15 is 0 Å². The molecule has 5 N–H and O–H groups in total. The summed E-state index contributed by atoms with van der Waals surface area (Å²) >= 11 is 0. The topological polar surface area (TPSA) is 169 Å². The number of rotatable bonds is 7. The number of nitrogens with two attached hydrogens (primary N) is 1. The summed E-state index contributed by atoms with van der Waals surface area (Å²) < 4.78 is 30.1. The SMILES string of the molecule is Cc1cc(C(=O)Nc2ncc(-c3ccccc3S(=O)(=O)NC(C)(C)C)cn2)n(-c2cccc(C(=N)N)c2)n1. The number of anilines is 1. The lowest BCUT2D eigenvalue weighted by atomic mass is 10.1. The molecule has 12 heteroatoms. The fraction of sp³-hybridized carbons (Fsp3) is 0.192. The van der Waals surface area contributed by atoms with Crippen molar-refractivity contribution in [3.05, 3.63) is 83.9 Å². The Kier molecular flexibility index (Phi) is 7.11. The van der Waals surface area contributed by atoms with Crippen molar-refractivity contribution in [3.63, 3.8) is 0 Å². The molecule has 0 unspecified atom stereocenters. The zero-order valence-electron chi connectivity index (χ0n) is 21.4. The van der Waals surface area contributed by atoms with Crippen LogP contribution in [-0.2, 0) is 10.0 Å². The highest BCUT2D eigenvalue weighted by molar-refractivity contribution is 7.89. The van der Waals surface area contributed by atoms with E-state index in [2.05, 4.69) is 25.1 Å². The number of aromatic nitrogens is 4. The maximum absolute atomic E-state index is 13.1. The summed E-state index contributed by atoms with van der Waals surface area (Å²) in [6.45, 7) is 7.05. The van der Waals surface area contributed by atoms with Gasteiger partial charge in [-0.25, -0.2) is 27.8 Å². The van der Waals surface area contributed by atoms with Gasteiger partial charge in [-0.3, -0.25) is 15.5 Å². The maximum Gasteiger partial charge on any atom is 0.276 e. The molecule has 0 saturated carbocycles. The highest BCUT2D eigenvalue weighted by atomic mass is 32.2. The number of carbonyl (C=O) groups excluding carboxylic acids is 1. The van der Waals surface area contributed by atoms with Gasteiger partial charge < -0.3 is 5.73 Å². The molecule has 196 valence electrons. The summed E-state index contributed by atoms with van der Waals surface area (Å²) in [5.41, 5.74) is 7.76. The van der Waals surface area contributed by atoms with Gasteiger partial charge in [0.1, 0.15) is 11.5 Å². The monoisotopic (exact) mass is 532 g/mol. The molecular weight excluding hydrogens is 504 g/mol. The van der Waals surface area contributed by atoms with Crippen LogP contribution in [0.3, 0.4) is 0 Å². The highest BCUT2D eigenvalue weighted by Gasteiger charge is 2.25. The number of hydrogen-bond donors (Lipinski definition) is 4. The molecule has 0 bridgehead atoms. The number of hydrogen-bond acceptors (Lipinski definition) is 7. The number of nitrogens with zero attached hydrogens (tertiary/aromatic N) is 4. The van der Waals surface area contributed by atoms with Crippen molar-refractivity contribution >= 4 is 27.7 Å². The molecule has 2 aromatic carbocycles. The Bertz CT molecular complexity index is 1620. The van der Waals surface area contributed by atoms with Crippen molar-refractivity contribution < 1.29 is 13.2 Å². The van der Waals surface area contributed by atoms with Crippen LogP contribution >= 0.6 is 0 Å². The molecule has 0 radical (unpaired) electrons. The van der Waals surface area contributed by atoms with Crippen molar-refractivity contribution in [2.45, 2.75) is 38.1 Å². The van der Waals surface area contributed by atoms with Crippen LogP contribution in [0.2, 0.25) is 0 Å². The first-order valence-corrected chi connectivity index (χ1v) is 13.1. The van der Waals surface area contributed by atoms with Crippen LogP contribution in [0.4, 0.5) is 5.95 Å². The van der Waals surface area contributed by atoms with E-state index in [4.69, 9.17) is 11.1 Å². The van der Waals surface area contributed by atoms with Crippen LogP contribution in [0.5, 0.6) is 0 Å². The Labute approximate surface area is 220 Å². The zero-order valence-corrected chi connectivity index (χ0v) is 22.2. The molecule has 4 rings (SSSR count). The van der Waals surface area contributed by atoms with Crippen molar-refractivity contribution in [3.8, 4) is 16.8 Å². The smallest absolute Gasteiger partial charge is 0.276 e. The quantitative estimate of drug-likeness (QED) is 0.209. The van der Waals surface area contributed by atoms with Gasteiger partial charge in [0.2, 0.25) is 16.0 Å². The lowest BCUT2D eigenvalue weighted by Crippen LogP contribution is -2.40. The molecular formula is C26H28N8O3S. The number of amidine groups is 1. The van der Waals surface area contributed by atoms with Gasteiger partial charge in [0, 0.05) is 34.6 Å². The summed E-state index contributed by atoms with van der Waals surface area (Å²) in [5.74, 6) is -0.558. The van der Waals surface area contributed by atoms with Gasteiger partial charge in [-0.1, -0.05) is 30.3 Å². The van der Waals surface area contributed by atoms with Crippen LogP contribution in [-0.4, -0.2) is 45.4 Å². The van der Waals surface area contributed by atoms with Crippen LogP contribution in [0, 0.1) is 12.3 Å². The first-order chi connectivity index (χ1) is 17.8. The minimum absolute atomic E-state index is 0.0368. The maximum atomic E-state index is 13.1. The Morgan fingerprint density at radius 2 is 1.71 bits per heavy atom. The normalized spacial score (nSPS) is 11.8. The molecule has 0 aliphatic heterocycles. The van der Waals surface area contributed by atoms with Gasteiger partial charge in [-0.15, -0.1) is 0 Å². The van der Waals surface area contributed by atoms with E-state index in [1.807, 2.05) is 0 Å². The summed E-state index contributed by atoms with van der Waals surface area (Å²) in [6, 6.07) is 15.0. The van der Waals surface area contributed by atoms with Crippen molar-refractivity contribution in [1.82, 2.24) is 24.5 Å². The minimum Gasteiger partial charge on any atom is -0.384 e. The van der Waals surface area contributed by atoms with Crippen LogP contribution in [0.1, 0.15) is 42.5 Å². The van der Waals surface area contributed by atoms with Crippen molar-refractivity contribution in [2.75, 3.05) is 5.32 Å². The molecule has 38 heavy (non-hydrogen) atoms. The van der Waals surface area contributed by atoms with E-state index in [1.54, 1.807) is 76.2 Å². The Hall–Kier alpha value is -4.42. The minimum atomic E-state index is -3.81. The highest BCUT2D eigenvalue weighted by Crippen LogP contribution is 2.27. The van der Waals surface area contributed by atoms with E-state index in [0.29, 0.717) is 28.1 Å². The fourth-order valence-electron chi connectivity index (χ4n) is 3.76. The Morgan fingerprint density at radius 3 is 2.37 bits per heavy atom. The Morgan fingerprint density at radius 1 is 1.03 bits per heavy atom. The second kappa shape index (κ2) is 10.1. The average Bonchev–Trinajstić information content (AvgIpc) is 3.25. The Balaban J connectivity index is 1.60. The van der Waals surface area contributed by atoms with Crippen molar-refractivity contribution in [2.24, 2.45) is 5.73 Å². The standard InChI is InChI=1S/C26H28N8O3S/c1-16-12-21(34(32-16)19-9-7-8-17(13-19)23(27)28)24(35)31-25-29-14-18(15-30-25)20-10-5-6-11-22(20)38(36,37)33-26(2,3)4/h5-15,33H,1-4H3,(H3,27,28)(H,29,30,31,35). The first kappa shape index (κ1) is 26.6. The third-order valence-electron chi connectivity index (χ3n) is 5.27. The molecule has 1 amide bonds. The summed E-state index contributed by atoms with van der Waals surface area (Å²) in [6.07, 6.45) is 2.90. The lowest BCUT2D eigenvalue weighted by Gasteiger charge is -2.21. The molecule has 0 aliphatic carbocycles. The van der Waals surface area contributed by atoms with E-state index in [0.717, 1.165) is 0 Å². The molecule has 2 heterocycles. The fourth-order valence-corrected chi connectivity index (χ4v) is 5.41. The van der Waals surface area contributed by atoms with Gasteiger partial charge in [-0.2, -0.15) is 5.10 Å². The third-order valence-corrected chi connectivity index (χ3v) is 7.09. The van der Waals surface area contributed by atoms with Crippen LogP contribution in [0.25, 0.3) is 16.8 Å². The van der Waals surface area contributed by atoms with Gasteiger partial charge in [0.15, 0.2) is 0 Å². The third kappa shape index (κ3) is 5.93. The van der Waals surface area contributed by atoms with E-state index < -0.39 is 21.5 Å². The van der Waals surface area contributed by atoms with E-state index in [-0.39, 0.29) is 22.4 Å². The van der Waals surface area contributed by atoms with E-state index in [9.17, 15) is 13.2 Å². The second-order valence-corrected chi connectivity index (χ2v) is 11.3. The molecule has 0 saturated heterocycles. The summed E-state index contributed by atoms with van der Waals surface area (Å²) in [5, 5.41) is 14.7. The predicted octanol–water partition coefficient (Wildman–Crippen LogP) is 3.25. The molecule has 0 fully saturated rings. The van der Waals surface area contributed by atoms with Gasteiger partial charge in [0.05, 0.1) is 16.3 Å². The molecule has 2 aromatic heterocycles. The van der Waals surface area contributed by atoms with Crippen LogP contribution < -0.4 is 15.8 Å². The van der Waals surface area contributed by atoms with E-state index in [1.165, 1.54) is 23.1 Å².